The first-order valence-electron chi connectivity index (χ1n) is 16.8. The van der Waals surface area contributed by atoms with Crippen LogP contribution in [0.5, 0.6) is 0 Å². The number of anilines is 2. The van der Waals surface area contributed by atoms with Gasteiger partial charge < -0.3 is 25.6 Å². The van der Waals surface area contributed by atoms with Gasteiger partial charge in [-0.2, -0.15) is 0 Å². The van der Waals surface area contributed by atoms with E-state index in [9.17, 15) is 9.59 Å². The van der Waals surface area contributed by atoms with Crippen LogP contribution in [-0.2, 0) is 28.8 Å². The summed E-state index contributed by atoms with van der Waals surface area (Å²) in [5.41, 5.74) is 3.89. The molecule has 2 aliphatic heterocycles. The van der Waals surface area contributed by atoms with Crippen LogP contribution < -0.4 is 20.9 Å². The highest BCUT2D eigenvalue weighted by Gasteiger charge is 2.29. The van der Waals surface area contributed by atoms with Gasteiger partial charge in [0.25, 0.3) is 0 Å². The molecule has 5 rings (SSSR count). The van der Waals surface area contributed by atoms with E-state index in [1.807, 2.05) is 20.8 Å². The van der Waals surface area contributed by atoms with Gasteiger partial charge in [-0.25, -0.2) is 24.5 Å². The molecule has 0 unspecified atom stereocenters. The van der Waals surface area contributed by atoms with Gasteiger partial charge in [-0.15, -0.1) is 0 Å². The van der Waals surface area contributed by atoms with Gasteiger partial charge in [-0.3, -0.25) is 0 Å². The second kappa shape index (κ2) is 14.6. The monoisotopic (exact) mass is 605 g/mol. The van der Waals surface area contributed by atoms with Crippen LogP contribution in [0, 0.1) is 0 Å². The number of aromatic nitrogens is 3. The molecular formula is C34H51N7O3. The number of urea groups is 1. The maximum Gasteiger partial charge on any atom is 0.329 e. The Hall–Kier alpha value is -3.43. The molecule has 3 aliphatic rings. The highest BCUT2D eigenvalue weighted by molar-refractivity contribution is 5.84. The number of aryl methyl sites for hydroxylation is 2. The Morgan fingerprint density at radius 3 is 2.57 bits per heavy atom. The van der Waals surface area contributed by atoms with Crippen molar-refractivity contribution in [2.75, 3.05) is 29.9 Å². The SMILES string of the molecule is CCc1c(CC[C@H](NC(=O)NC2CCCCC2)C(=O)OC(C)(C)C)ncnc1N1CCC(c2ccc3c(n2)NCCC3)CC1. The zero-order valence-electron chi connectivity index (χ0n) is 27.1. The Morgan fingerprint density at radius 1 is 1.07 bits per heavy atom. The number of pyridine rings is 1. The van der Waals surface area contributed by atoms with Gasteiger partial charge in [0.15, 0.2) is 0 Å². The molecule has 3 N–H and O–H groups in total. The lowest BCUT2D eigenvalue weighted by molar-refractivity contribution is -0.157. The number of nitrogens with zero attached hydrogens (tertiary/aromatic N) is 4. The molecule has 1 atom stereocenters. The Labute approximate surface area is 262 Å². The van der Waals surface area contributed by atoms with Crippen molar-refractivity contribution < 1.29 is 14.3 Å². The van der Waals surface area contributed by atoms with Gasteiger partial charge in [-0.05, 0) is 90.2 Å². The molecule has 4 heterocycles. The smallest absolute Gasteiger partial charge is 0.329 e. The molecule has 2 aromatic heterocycles. The molecule has 1 saturated carbocycles. The summed E-state index contributed by atoms with van der Waals surface area (Å²) in [5.74, 6) is 2.06. The minimum atomic E-state index is -0.768. The van der Waals surface area contributed by atoms with E-state index in [4.69, 9.17) is 14.7 Å². The van der Waals surface area contributed by atoms with Crippen molar-refractivity contribution in [3.05, 3.63) is 41.0 Å². The molecule has 44 heavy (non-hydrogen) atoms. The molecule has 0 radical (unpaired) electrons. The lowest BCUT2D eigenvalue weighted by Crippen LogP contribution is -2.50. The van der Waals surface area contributed by atoms with Crippen molar-refractivity contribution in [1.29, 1.82) is 0 Å². The molecule has 0 aromatic carbocycles. The van der Waals surface area contributed by atoms with Crippen molar-refractivity contribution in [3.8, 4) is 0 Å². The minimum Gasteiger partial charge on any atom is -0.458 e. The largest absolute Gasteiger partial charge is 0.458 e. The first-order chi connectivity index (χ1) is 21.2. The summed E-state index contributed by atoms with van der Waals surface area (Å²) in [5, 5.41) is 9.47. The fourth-order valence-corrected chi connectivity index (χ4v) is 6.78. The molecule has 1 saturated heterocycles. The van der Waals surface area contributed by atoms with Gasteiger partial charge >= 0.3 is 12.0 Å². The van der Waals surface area contributed by atoms with Gasteiger partial charge in [-0.1, -0.05) is 32.3 Å². The Morgan fingerprint density at radius 2 is 1.84 bits per heavy atom. The topological polar surface area (TPSA) is 121 Å². The highest BCUT2D eigenvalue weighted by Crippen LogP contribution is 2.33. The van der Waals surface area contributed by atoms with E-state index >= 15 is 0 Å². The number of rotatable bonds is 9. The lowest BCUT2D eigenvalue weighted by Gasteiger charge is -2.34. The molecule has 2 amide bonds. The van der Waals surface area contributed by atoms with E-state index in [1.165, 1.54) is 24.1 Å². The van der Waals surface area contributed by atoms with E-state index in [2.05, 4.69) is 44.9 Å². The summed E-state index contributed by atoms with van der Waals surface area (Å²) < 4.78 is 5.70. The first kappa shape index (κ1) is 32.0. The highest BCUT2D eigenvalue weighted by atomic mass is 16.6. The van der Waals surface area contributed by atoms with Crippen molar-refractivity contribution in [2.24, 2.45) is 0 Å². The number of nitrogens with one attached hydrogen (secondary N) is 3. The van der Waals surface area contributed by atoms with Crippen molar-refractivity contribution >= 4 is 23.6 Å². The third kappa shape index (κ3) is 8.39. The van der Waals surface area contributed by atoms with E-state index in [1.54, 1.807) is 6.33 Å². The van der Waals surface area contributed by atoms with Crippen LogP contribution in [0.15, 0.2) is 18.5 Å². The quantitative estimate of drug-likeness (QED) is 0.323. The molecule has 0 spiro atoms. The normalized spacial score (nSPS) is 18.6. The number of carbonyl (C=O) groups excluding carboxylic acids is 2. The summed E-state index contributed by atoms with van der Waals surface area (Å²) in [7, 11) is 0. The predicted molar refractivity (Wildman–Crippen MR) is 173 cm³/mol. The van der Waals surface area contributed by atoms with Crippen molar-refractivity contribution in [1.82, 2.24) is 25.6 Å². The van der Waals surface area contributed by atoms with E-state index in [0.717, 1.165) is 93.9 Å². The maximum atomic E-state index is 13.2. The zero-order valence-corrected chi connectivity index (χ0v) is 27.1. The molecule has 1 aliphatic carbocycles. The average molecular weight is 606 g/mol. The van der Waals surface area contributed by atoms with Gasteiger partial charge in [0.2, 0.25) is 0 Å². The zero-order chi connectivity index (χ0) is 31.1. The second-order valence-corrected chi connectivity index (χ2v) is 13.6. The number of carbonyl (C=O) groups is 2. The lowest BCUT2D eigenvalue weighted by atomic mass is 9.91. The summed E-state index contributed by atoms with van der Waals surface area (Å²) in [4.78, 5) is 42.8. The molecule has 10 nitrogen and oxygen atoms in total. The predicted octanol–water partition coefficient (Wildman–Crippen LogP) is 5.45. The third-order valence-electron chi connectivity index (χ3n) is 9.10. The number of hydrogen-bond donors (Lipinski definition) is 3. The Balaban J connectivity index is 1.23. The standard InChI is InChI=1S/C34H51N7O3/c1-5-26-28(15-16-29(32(42)44-34(2,3)4)40-33(43)38-25-11-7-6-8-12-25)36-22-37-31(26)41-20-17-23(18-21-41)27-14-13-24-10-9-19-35-30(24)39-27/h13-14,22-23,25,29H,5-12,15-21H2,1-4H3,(H,35,39)(H2,38,40,43)/t29-/m0/s1. The number of hydrogen-bond acceptors (Lipinski definition) is 8. The van der Waals surface area contributed by atoms with E-state index in [0.29, 0.717) is 18.8 Å². The van der Waals surface area contributed by atoms with Gasteiger partial charge in [0.05, 0.1) is 0 Å². The fraction of sp³-hybridized carbons (Fsp3) is 0.676. The minimum absolute atomic E-state index is 0.156. The van der Waals surface area contributed by atoms with Crippen molar-refractivity contribution in [3.63, 3.8) is 0 Å². The summed E-state index contributed by atoms with van der Waals surface area (Å²) >= 11 is 0. The summed E-state index contributed by atoms with van der Waals surface area (Å²) in [6.45, 7) is 10.5. The third-order valence-corrected chi connectivity index (χ3v) is 9.10. The number of esters is 1. The van der Waals surface area contributed by atoms with Crippen LogP contribution in [-0.4, -0.2) is 64.3 Å². The fourth-order valence-electron chi connectivity index (χ4n) is 6.78. The molecule has 2 aromatic rings. The van der Waals surface area contributed by atoms with Crippen LogP contribution >= 0.6 is 0 Å². The van der Waals surface area contributed by atoms with Crippen LogP contribution in [0.1, 0.15) is 114 Å². The molecule has 240 valence electrons. The van der Waals surface area contributed by atoms with Crippen LogP contribution in [0.3, 0.4) is 0 Å². The molecule has 10 heteroatoms. The number of amides is 2. The Bertz CT molecular complexity index is 1280. The van der Waals surface area contributed by atoms with E-state index in [-0.39, 0.29) is 12.1 Å². The molecule has 2 fully saturated rings. The van der Waals surface area contributed by atoms with Crippen LogP contribution in [0.4, 0.5) is 16.4 Å². The summed E-state index contributed by atoms with van der Waals surface area (Å²) in [6.07, 6.45) is 13.1. The number of fused-ring (bicyclic) bond motifs is 1. The molecular weight excluding hydrogens is 554 g/mol. The summed E-state index contributed by atoms with van der Waals surface area (Å²) in [6, 6.07) is 3.55. The Kier molecular flexibility index (Phi) is 10.6. The number of ether oxygens (including phenoxy) is 1. The average Bonchev–Trinajstić information content (AvgIpc) is 3.02. The van der Waals surface area contributed by atoms with Crippen molar-refractivity contribution in [2.45, 2.75) is 128 Å². The van der Waals surface area contributed by atoms with Crippen LogP contribution in [0.2, 0.25) is 0 Å². The first-order valence-corrected chi connectivity index (χ1v) is 16.8. The number of piperidine rings is 1. The van der Waals surface area contributed by atoms with Gasteiger partial charge in [0.1, 0.15) is 29.6 Å². The van der Waals surface area contributed by atoms with E-state index < -0.39 is 17.6 Å². The van der Waals surface area contributed by atoms with Crippen LogP contribution in [0.25, 0.3) is 0 Å². The van der Waals surface area contributed by atoms with Gasteiger partial charge in [0, 0.05) is 48.5 Å². The maximum absolute atomic E-state index is 13.2. The molecule has 0 bridgehead atoms. The second-order valence-electron chi connectivity index (χ2n) is 13.6.